The fourth-order valence-corrected chi connectivity index (χ4v) is 13.4. The number of rotatable bonds is 10. The SMILES string of the molecule is CCCOCC1(O)[C@H](OC(C)=O)[C@]2(CC)C=CCN3CC[C@@]4(c5cc([C@@]6(C(=O)OC)C[C@@H]7C=C(CC)CN(CCc8c6[nH]c6ccccc86)C7)c(OC)cc5N(C)[C@@H]14)C32. The van der Waals surface area contributed by atoms with Gasteiger partial charge in [-0.25, -0.2) is 0 Å². The van der Waals surface area contributed by atoms with E-state index in [4.69, 9.17) is 18.9 Å². The summed E-state index contributed by atoms with van der Waals surface area (Å²) in [4.78, 5) is 39.6. The summed E-state index contributed by atoms with van der Waals surface area (Å²) >= 11 is 0. The first-order valence-corrected chi connectivity index (χ1v) is 21.9. The van der Waals surface area contributed by atoms with Gasteiger partial charge in [-0.15, -0.1) is 0 Å². The highest BCUT2D eigenvalue weighted by Gasteiger charge is 2.78. The summed E-state index contributed by atoms with van der Waals surface area (Å²) in [5, 5.41) is 14.7. The number of esters is 2. The summed E-state index contributed by atoms with van der Waals surface area (Å²) in [5.74, 6) is -0.0885. The fraction of sp³-hybridized carbons (Fsp3) is 0.583. The van der Waals surface area contributed by atoms with E-state index in [-0.39, 0.29) is 24.5 Å². The second kappa shape index (κ2) is 14.8. The molecule has 3 aromatic rings. The molecule has 2 N–H and O–H groups in total. The minimum absolute atomic E-state index is 0.00460. The first-order chi connectivity index (χ1) is 28.5. The Kier molecular flexibility index (Phi) is 10.1. The number of carbonyl (C=O) groups excluding carboxylic acids is 2. The number of nitrogens with zero attached hydrogens (tertiary/aromatic N) is 3. The Morgan fingerprint density at radius 1 is 1.05 bits per heavy atom. The lowest BCUT2D eigenvalue weighted by molar-refractivity contribution is -0.233. The summed E-state index contributed by atoms with van der Waals surface area (Å²) in [5.41, 5.74) is 2.93. The number of aliphatic hydroxyl groups is 1. The van der Waals surface area contributed by atoms with Crippen LogP contribution in [0, 0.1) is 11.3 Å². The number of hydrogen-bond acceptors (Lipinski definition) is 10. The van der Waals surface area contributed by atoms with Gasteiger partial charge in [0.1, 0.15) is 22.9 Å². The zero-order valence-corrected chi connectivity index (χ0v) is 35.9. The van der Waals surface area contributed by atoms with Crippen LogP contribution < -0.4 is 9.64 Å². The van der Waals surface area contributed by atoms with Crippen LogP contribution in [0.4, 0.5) is 5.69 Å². The van der Waals surface area contributed by atoms with Gasteiger partial charge in [-0.3, -0.25) is 19.4 Å². The summed E-state index contributed by atoms with van der Waals surface area (Å²) in [6, 6.07) is 12.1. The van der Waals surface area contributed by atoms with Gasteiger partial charge < -0.3 is 33.9 Å². The van der Waals surface area contributed by atoms with E-state index >= 15 is 4.79 Å². The summed E-state index contributed by atoms with van der Waals surface area (Å²) in [6.45, 7) is 12.5. The van der Waals surface area contributed by atoms with Crippen LogP contribution >= 0.6 is 0 Å². The number of nitrogens with one attached hydrogen (secondary N) is 1. The Balaban J connectivity index is 1.35. The normalized spacial score (nSPS) is 34.5. The third kappa shape index (κ3) is 5.59. The molecule has 5 aliphatic heterocycles. The van der Waals surface area contributed by atoms with Gasteiger partial charge in [0.25, 0.3) is 0 Å². The highest BCUT2D eigenvalue weighted by molar-refractivity contribution is 5.94. The zero-order chi connectivity index (χ0) is 41.5. The first kappa shape index (κ1) is 40.3. The van der Waals surface area contributed by atoms with Gasteiger partial charge in [-0.1, -0.05) is 62.8 Å². The van der Waals surface area contributed by atoms with Crippen molar-refractivity contribution in [2.24, 2.45) is 11.3 Å². The average molecular weight is 807 g/mol. The van der Waals surface area contributed by atoms with E-state index in [0.29, 0.717) is 25.2 Å². The van der Waals surface area contributed by atoms with Crippen LogP contribution in [0.2, 0.25) is 0 Å². The molecular weight excluding hydrogens is 745 g/mol. The molecule has 2 aromatic carbocycles. The second-order valence-corrected chi connectivity index (χ2v) is 18.2. The van der Waals surface area contributed by atoms with Gasteiger partial charge in [-0.05, 0) is 74.2 Å². The maximum absolute atomic E-state index is 15.3. The molecule has 9 atom stereocenters. The number of fused-ring (bicyclic) bond motifs is 6. The van der Waals surface area contributed by atoms with Crippen LogP contribution in [-0.4, -0.2) is 123 Å². The number of likely N-dealkylation sites (N-methyl/N-ethyl adjacent to an activating group) is 1. The van der Waals surface area contributed by atoms with Crippen LogP contribution in [0.25, 0.3) is 10.9 Å². The molecule has 1 aliphatic carbocycles. The number of methoxy groups -OCH3 is 2. The lowest BCUT2D eigenvalue weighted by atomic mass is 9.47. The number of carbonyl (C=O) groups is 2. The number of aromatic nitrogens is 1. The summed E-state index contributed by atoms with van der Waals surface area (Å²) in [6.07, 6.45) is 10.4. The standard InChI is InChI=1S/C48H62N4O7/c1-8-22-58-29-48(55)42-46(18-21-52-19-13-17-45(10-3,41(46)52)43(48)59-30(4)53)35-24-36(39(56-6)25-38(35)50(42)5)47(44(54)57-7)26-32-23-31(9-2)27-51(28-32)20-16-34-33-14-11-12-15-37(33)49-40(34)47/h11-15,17,23-25,32,41-43,49,55H,8-10,16,18-22,26-29H2,1-7H3/t32-,41?,42+,43+,45+,46+,47-,48?/m0/s1. The molecule has 0 radical (unpaired) electrons. The van der Waals surface area contributed by atoms with E-state index in [1.165, 1.54) is 19.6 Å². The number of aromatic amines is 1. The van der Waals surface area contributed by atoms with Gasteiger partial charge >= 0.3 is 11.9 Å². The predicted octanol–water partition coefficient (Wildman–Crippen LogP) is 6.05. The van der Waals surface area contributed by atoms with Crippen LogP contribution in [0.15, 0.2) is 60.2 Å². The van der Waals surface area contributed by atoms with Crippen molar-refractivity contribution >= 4 is 28.5 Å². The highest BCUT2D eigenvalue weighted by atomic mass is 16.6. The molecule has 11 heteroatoms. The topological polar surface area (TPSA) is 117 Å². The lowest BCUT2D eigenvalue weighted by Gasteiger charge is -2.64. The van der Waals surface area contributed by atoms with Crippen LogP contribution in [0.3, 0.4) is 0 Å². The first-order valence-electron chi connectivity index (χ1n) is 21.9. The Morgan fingerprint density at radius 3 is 2.59 bits per heavy atom. The molecule has 6 aliphatic rings. The Morgan fingerprint density at radius 2 is 1.86 bits per heavy atom. The van der Waals surface area contributed by atoms with Crippen LogP contribution in [-0.2, 0) is 41.1 Å². The molecule has 3 unspecified atom stereocenters. The molecule has 1 saturated heterocycles. The molecule has 0 amide bonds. The summed E-state index contributed by atoms with van der Waals surface area (Å²) < 4.78 is 25.2. The van der Waals surface area contributed by atoms with E-state index in [9.17, 15) is 9.90 Å². The quantitative estimate of drug-likeness (QED) is 0.143. The van der Waals surface area contributed by atoms with Crippen molar-refractivity contribution in [3.63, 3.8) is 0 Å². The molecule has 59 heavy (non-hydrogen) atoms. The Labute approximate surface area is 348 Å². The summed E-state index contributed by atoms with van der Waals surface area (Å²) in [7, 11) is 5.24. The third-order valence-electron chi connectivity index (χ3n) is 15.3. The van der Waals surface area contributed by atoms with E-state index < -0.39 is 40.0 Å². The zero-order valence-electron chi connectivity index (χ0n) is 35.9. The van der Waals surface area contributed by atoms with Gasteiger partial charge in [0.05, 0.1) is 26.9 Å². The number of ether oxygens (including phenoxy) is 4. The minimum Gasteiger partial charge on any atom is -0.496 e. The second-order valence-electron chi connectivity index (χ2n) is 18.2. The van der Waals surface area contributed by atoms with Crippen molar-refractivity contribution < 1.29 is 33.6 Å². The lowest BCUT2D eigenvalue weighted by Crippen LogP contribution is -2.80. The molecule has 2 bridgehead atoms. The molecule has 6 heterocycles. The molecule has 1 aromatic heterocycles. The van der Waals surface area contributed by atoms with Crippen molar-refractivity contribution in [2.75, 3.05) is 72.1 Å². The number of anilines is 1. The van der Waals surface area contributed by atoms with E-state index in [2.05, 4.69) is 89.0 Å². The number of benzene rings is 2. The van der Waals surface area contributed by atoms with Crippen LogP contribution in [0.5, 0.6) is 5.75 Å². The smallest absolute Gasteiger partial charge is 0.322 e. The van der Waals surface area contributed by atoms with E-state index in [1.807, 2.05) is 13.1 Å². The number of para-hydroxylation sites is 1. The predicted molar refractivity (Wildman–Crippen MR) is 228 cm³/mol. The highest BCUT2D eigenvalue weighted by Crippen LogP contribution is 2.68. The van der Waals surface area contributed by atoms with E-state index in [0.717, 1.165) is 97.4 Å². The maximum atomic E-state index is 15.3. The van der Waals surface area contributed by atoms with Crippen molar-refractivity contribution in [1.29, 1.82) is 0 Å². The maximum Gasteiger partial charge on any atom is 0.322 e. The molecule has 2 fully saturated rings. The largest absolute Gasteiger partial charge is 0.496 e. The number of H-pyrrole nitrogens is 1. The third-order valence-corrected chi connectivity index (χ3v) is 15.3. The van der Waals surface area contributed by atoms with Crippen molar-refractivity contribution in [3.05, 3.63) is 82.6 Å². The Hall–Kier alpha value is -4.16. The molecule has 1 spiro atoms. The van der Waals surface area contributed by atoms with Crippen molar-refractivity contribution in [2.45, 2.75) is 101 Å². The molecular formula is C48H62N4O7. The van der Waals surface area contributed by atoms with E-state index in [1.54, 1.807) is 7.11 Å². The van der Waals surface area contributed by atoms with Crippen molar-refractivity contribution in [1.82, 2.24) is 14.8 Å². The molecule has 11 nitrogen and oxygen atoms in total. The molecule has 1 saturated carbocycles. The monoisotopic (exact) mass is 806 g/mol. The van der Waals surface area contributed by atoms with Gasteiger partial charge in [0, 0.05) is 97.5 Å². The van der Waals surface area contributed by atoms with Gasteiger partial charge in [0.15, 0.2) is 0 Å². The number of hydrogen-bond donors (Lipinski definition) is 2. The molecule has 9 rings (SSSR count). The van der Waals surface area contributed by atoms with Gasteiger partial charge in [-0.2, -0.15) is 0 Å². The van der Waals surface area contributed by atoms with Crippen molar-refractivity contribution in [3.8, 4) is 5.75 Å². The van der Waals surface area contributed by atoms with Crippen LogP contribution in [0.1, 0.15) is 82.2 Å². The minimum atomic E-state index is -1.60. The average Bonchev–Trinajstić information content (AvgIpc) is 3.90. The fourth-order valence-electron chi connectivity index (χ4n) is 13.4. The molecule has 316 valence electrons. The van der Waals surface area contributed by atoms with Gasteiger partial charge in [0.2, 0.25) is 0 Å². The Bertz CT molecular complexity index is 2220.